The molecule has 0 radical (unpaired) electrons. The van der Waals surface area contributed by atoms with Crippen molar-refractivity contribution in [2.75, 3.05) is 6.54 Å². The fourth-order valence-electron chi connectivity index (χ4n) is 1.03. The van der Waals surface area contributed by atoms with E-state index in [2.05, 4.69) is 5.32 Å². The van der Waals surface area contributed by atoms with Gasteiger partial charge in [0, 0.05) is 16.2 Å². The maximum atomic E-state index is 12.8. The molecule has 0 aliphatic rings. The number of hydrogen-bond acceptors (Lipinski definition) is 2. The molecule has 1 aromatic rings. The first-order chi connectivity index (χ1) is 7.04. The third kappa shape index (κ3) is 3.42. The Bertz CT molecular complexity index is 370. The van der Waals surface area contributed by atoms with E-state index in [4.69, 9.17) is 5.73 Å². The molecule has 0 aliphatic heterocycles. The van der Waals surface area contributed by atoms with Gasteiger partial charge >= 0.3 is 0 Å². The number of rotatable bonds is 3. The third-order valence-electron chi connectivity index (χ3n) is 1.91. The number of amides is 1. The summed E-state index contributed by atoms with van der Waals surface area (Å²) in [6, 6.07) is 3.97. The molecular formula is C10H12FIN2O. The van der Waals surface area contributed by atoms with Gasteiger partial charge < -0.3 is 11.1 Å². The average molecular weight is 322 g/mol. The molecule has 82 valence electrons. The fraction of sp³-hybridized carbons (Fsp3) is 0.300. The molecule has 5 heteroatoms. The molecule has 1 amide bonds. The van der Waals surface area contributed by atoms with Gasteiger partial charge in [-0.2, -0.15) is 0 Å². The van der Waals surface area contributed by atoms with Gasteiger partial charge in [-0.15, -0.1) is 0 Å². The number of nitrogens with two attached hydrogens (primary N) is 1. The van der Waals surface area contributed by atoms with E-state index < -0.39 is 0 Å². The Kier molecular flexibility index (Phi) is 4.46. The van der Waals surface area contributed by atoms with Crippen molar-refractivity contribution in [3.05, 3.63) is 33.1 Å². The SMILES string of the molecule is C[C@@H](CN)NC(=O)c1ccc(F)cc1I. The van der Waals surface area contributed by atoms with Gasteiger partial charge in [0.1, 0.15) is 5.82 Å². The molecule has 0 bridgehead atoms. The van der Waals surface area contributed by atoms with Gasteiger partial charge in [0.2, 0.25) is 0 Å². The molecule has 3 nitrogen and oxygen atoms in total. The number of carbonyl (C=O) groups is 1. The summed E-state index contributed by atoms with van der Waals surface area (Å²) in [6.07, 6.45) is 0. The highest BCUT2D eigenvalue weighted by atomic mass is 127. The van der Waals surface area contributed by atoms with Crippen LogP contribution in [-0.4, -0.2) is 18.5 Å². The summed E-state index contributed by atoms with van der Waals surface area (Å²) in [5, 5.41) is 2.71. The van der Waals surface area contributed by atoms with Crippen molar-refractivity contribution in [3.63, 3.8) is 0 Å². The lowest BCUT2D eigenvalue weighted by Crippen LogP contribution is -2.38. The van der Waals surface area contributed by atoms with Crippen molar-refractivity contribution in [2.24, 2.45) is 5.73 Å². The molecule has 3 N–H and O–H groups in total. The van der Waals surface area contributed by atoms with Gasteiger partial charge in [0.05, 0.1) is 5.56 Å². The minimum atomic E-state index is -0.345. The number of nitrogens with one attached hydrogen (secondary N) is 1. The van der Waals surface area contributed by atoms with Crippen molar-refractivity contribution < 1.29 is 9.18 Å². The highest BCUT2D eigenvalue weighted by Crippen LogP contribution is 2.13. The zero-order valence-corrected chi connectivity index (χ0v) is 10.4. The Hall–Kier alpha value is -0.690. The largest absolute Gasteiger partial charge is 0.348 e. The topological polar surface area (TPSA) is 55.1 Å². The third-order valence-corrected chi connectivity index (χ3v) is 2.80. The van der Waals surface area contributed by atoms with E-state index in [0.717, 1.165) is 0 Å². The van der Waals surface area contributed by atoms with E-state index in [0.29, 0.717) is 15.7 Å². The van der Waals surface area contributed by atoms with Crippen LogP contribution in [-0.2, 0) is 0 Å². The number of hydrogen-bond donors (Lipinski definition) is 2. The predicted octanol–water partition coefficient (Wildman–Crippen LogP) is 1.51. The van der Waals surface area contributed by atoms with Crippen LogP contribution in [0.2, 0.25) is 0 Å². The van der Waals surface area contributed by atoms with Gasteiger partial charge in [0.15, 0.2) is 0 Å². The molecule has 0 saturated heterocycles. The van der Waals surface area contributed by atoms with Crippen LogP contribution >= 0.6 is 22.6 Å². The van der Waals surface area contributed by atoms with Crippen LogP contribution in [0.15, 0.2) is 18.2 Å². The number of halogens is 2. The van der Waals surface area contributed by atoms with Crippen LogP contribution in [0.25, 0.3) is 0 Å². The van der Waals surface area contributed by atoms with Crippen LogP contribution in [0.3, 0.4) is 0 Å². The normalized spacial score (nSPS) is 12.3. The van der Waals surface area contributed by atoms with E-state index >= 15 is 0 Å². The van der Waals surface area contributed by atoms with Crippen molar-refractivity contribution in [1.82, 2.24) is 5.32 Å². The van der Waals surface area contributed by atoms with E-state index in [9.17, 15) is 9.18 Å². The van der Waals surface area contributed by atoms with Crippen molar-refractivity contribution in [1.29, 1.82) is 0 Å². The highest BCUT2D eigenvalue weighted by Gasteiger charge is 2.12. The Morgan fingerprint density at radius 1 is 1.67 bits per heavy atom. The molecule has 1 aromatic carbocycles. The zero-order chi connectivity index (χ0) is 11.4. The summed E-state index contributed by atoms with van der Waals surface area (Å²) in [6.45, 7) is 2.19. The molecule has 1 rings (SSSR count). The molecule has 0 fully saturated rings. The minimum absolute atomic E-state index is 0.0849. The lowest BCUT2D eigenvalue weighted by atomic mass is 10.2. The summed E-state index contributed by atoms with van der Waals surface area (Å²) in [4.78, 5) is 11.7. The summed E-state index contributed by atoms with van der Waals surface area (Å²) in [5.74, 6) is -0.569. The summed E-state index contributed by atoms with van der Waals surface area (Å²) >= 11 is 1.93. The predicted molar refractivity (Wildman–Crippen MR) is 65.1 cm³/mol. The summed E-state index contributed by atoms with van der Waals surface area (Å²) in [5.41, 5.74) is 5.85. The lowest BCUT2D eigenvalue weighted by Gasteiger charge is -2.12. The molecule has 0 unspecified atom stereocenters. The van der Waals surface area contributed by atoms with Gasteiger partial charge in [-0.05, 0) is 47.7 Å². The highest BCUT2D eigenvalue weighted by molar-refractivity contribution is 14.1. The zero-order valence-electron chi connectivity index (χ0n) is 8.26. The standard InChI is InChI=1S/C10H12FIN2O/c1-6(5-13)14-10(15)8-3-2-7(11)4-9(8)12/h2-4,6H,5,13H2,1H3,(H,14,15)/t6-/m0/s1. The fourth-order valence-corrected chi connectivity index (χ4v) is 1.76. The minimum Gasteiger partial charge on any atom is -0.348 e. The van der Waals surface area contributed by atoms with Crippen LogP contribution in [0.4, 0.5) is 4.39 Å². The summed E-state index contributed by atoms with van der Waals surface area (Å²) in [7, 11) is 0. The molecule has 0 heterocycles. The van der Waals surface area contributed by atoms with Crippen molar-refractivity contribution in [2.45, 2.75) is 13.0 Å². The van der Waals surface area contributed by atoms with Crippen LogP contribution in [0.1, 0.15) is 17.3 Å². The molecular weight excluding hydrogens is 310 g/mol. The van der Waals surface area contributed by atoms with Crippen LogP contribution < -0.4 is 11.1 Å². The molecule has 0 saturated carbocycles. The molecule has 0 spiro atoms. The summed E-state index contributed by atoms with van der Waals surface area (Å²) < 4.78 is 13.4. The lowest BCUT2D eigenvalue weighted by molar-refractivity contribution is 0.0940. The van der Waals surface area contributed by atoms with Crippen LogP contribution in [0.5, 0.6) is 0 Å². The Morgan fingerprint density at radius 2 is 2.33 bits per heavy atom. The van der Waals surface area contributed by atoms with E-state index in [1.54, 1.807) is 0 Å². The second-order valence-electron chi connectivity index (χ2n) is 3.23. The Morgan fingerprint density at radius 3 is 2.87 bits per heavy atom. The maximum absolute atomic E-state index is 12.8. The molecule has 0 aromatic heterocycles. The molecule has 15 heavy (non-hydrogen) atoms. The first-order valence-electron chi connectivity index (χ1n) is 4.50. The quantitative estimate of drug-likeness (QED) is 0.829. The smallest absolute Gasteiger partial charge is 0.252 e. The van der Waals surface area contributed by atoms with Crippen molar-refractivity contribution >= 4 is 28.5 Å². The Balaban J connectivity index is 2.82. The van der Waals surface area contributed by atoms with Gasteiger partial charge in [0.25, 0.3) is 5.91 Å². The van der Waals surface area contributed by atoms with Gasteiger partial charge in [-0.3, -0.25) is 4.79 Å². The van der Waals surface area contributed by atoms with E-state index in [1.807, 2.05) is 29.5 Å². The number of carbonyl (C=O) groups excluding carboxylic acids is 1. The first-order valence-corrected chi connectivity index (χ1v) is 5.58. The first kappa shape index (κ1) is 12.4. The van der Waals surface area contributed by atoms with E-state index in [1.165, 1.54) is 18.2 Å². The Labute approximate surface area is 101 Å². The van der Waals surface area contributed by atoms with Crippen molar-refractivity contribution in [3.8, 4) is 0 Å². The molecule has 1 atom stereocenters. The maximum Gasteiger partial charge on any atom is 0.252 e. The van der Waals surface area contributed by atoms with Gasteiger partial charge in [-0.1, -0.05) is 0 Å². The van der Waals surface area contributed by atoms with Crippen LogP contribution in [0, 0.1) is 9.39 Å². The second kappa shape index (κ2) is 5.41. The monoisotopic (exact) mass is 322 g/mol. The van der Waals surface area contributed by atoms with Gasteiger partial charge in [-0.25, -0.2) is 4.39 Å². The number of benzene rings is 1. The second-order valence-corrected chi connectivity index (χ2v) is 4.40. The average Bonchev–Trinajstić information content (AvgIpc) is 2.17. The van der Waals surface area contributed by atoms with E-state index in [-0.39, 0.29) is 17.8 Å². The molecule has 0 aliphatic carbocycles.